The van der Waals surface area contributed by atoms with Crippen molar-refractivity contribution in [3.63, 3.8) is 0 Å². The van der Waals surface area contributed by atoms with Gasteiger partial charge in [-0.3, -0.25) is 4.79 Å². The van der Waals surface area contributed by atoms with Crippen LogP contribution in [0.5, 0.6) is 0 Å². The highest BCUT2D eigenvalue weighted by Gasteiger charge is 2.97. The fraction of sp³-hybridized carbons (Fsp3) is 0.812. The zero-order valence-corrected chi connectivity index (χ0v) is 18.7. The molecule has 0 aliphatic rings. The first-order valence-electron chi connectivity index (χ1n) is 8.87. The van der Waals surface area contributed by atoms with Crippen LogP contribution in [0, 0.1) is 0 Å². The molecule has 23 heteroatoms. The quantitative estimate of drug-likeness (QED) is 0.156. The number of hydrogen-bond acceptors (Lipinski definition) is 2. The summed E-state index contributed by atoms with van der Waals surface area (Å²) in [5, 5.41) is -1.31. The molecule has 0 spiro atoms. The summed E-state index contributed by atoms with van der Waals surface area (Å²) in [6.45, 7) is 3.78. The summed E-state index contributed by atoms with van der Waals surface area (Å²) in [7, 11) is 0. The molecule has 0 bridgehead atoms. The van der Waals surface area contributed by atoms with Crippen LogP contribution in [0.25, 0.3) is 0 Å². The number of carbonyl (C=O) groups excluding carboxylic acids is 1. The van der Waals surface area contributed by atoms with E-state index in [1.165, 1.54) is 0 Å². The predicted molar refractivity (Wildman–Crippen MR) is 87.5 cm³/mol. The molecule has 0 atom stereocenters. The van der Waals surface area contributed by atoms with E-state index >= 15 is 0 Å². The third-order valence-electron chi connectivity index (χ3n) is 4.57. The van der Waals surface area contributed by atoms with Gasteiger partial charge in [-0.2, -0.15) is 92.2 Å². The molecule has 1 nitrogen and oxygen atoms in total. The average Bonchev–Trinajstić information content (AvgIpc) is 2.71. The maximum Gasteiger partial charge on any atom is 0.460 e. The Morgan fingerprint density at radius 3 is 1.03 bits per heavy atom. The van der Waals surface area contributed by atoms with Gasteiger partial charge in [0, 0.05) is 12.2 Å². The van der Waals surface area contributed by atoms with Crippen molar-refractivity contribution in [2.75, 3.05) is 5.75 Å². The van der Waals surface area contributed by atoms with Crippen molar-refractivity contribution < 1.29 is 97.0 Å². The molecule has 0 N–H and O–H groups in total. The first kappa shape index (κ1) is 37.3. The molecule has 39 heavy (non-hydrogen) atoms. The number of alkyl halides is 21. The highest BCUT2D eigenvalue weighted by atomic mass is 32.2. The van der Waals surface area contributed by atoms with Crippen LogP contribution >= 0.6 is 11.8 Å². The molecule has 0 saturated carbocycles. The Morgan fingerprint density at radius 1 is 0.513 bits per heavy atom. The molecule has 0 unspecified atom stereocenters. The van der Waals surface area contributed by atoms with E-state index in [-0.39, 0.29) is 0 Å². The summed E-state index contributed by atoms with van der Waals surface area (Å²) in [4.78, 5) is 11.1. The highest BCUT2D eigenvalue weighted by molar-refractivity contribution is 8.14. The van der Waals surface area contributed by atoms with Gasteiger partial charge in [0.25, 0.3) is 0 Å². The molecule has 232 valence electrons. The van der Waals surface area contributed by atoms with E-state index in [2.05, 4.69) is 6.58 Å². The largest absolute Gasteiger partial charge is 0.460 e. The first-order valence-corrected chi connectivity index (χ1v) is 9.86. The van der Waals surface area contributed by atoms with Gasteiger partial charge < -0.3 is 0 Å². The lowest BCUT2D eigenvalue weighted by Crippen LogP contribution is -2.76. The van der Waals surface area contributed by atoms with Crippen LogP contribution in [0.1, 0.15) is 13.3 Å². The molecule has 0 rings (SSSR count). The topological polar surface area (TPSA) is 17.1 Å². The van der Waals surface area contributed by atoms with E-state index in [1.54, 1.807) is 0 Å². The Balaban J connectivity index is 6.78. The predicted octanol–water partition coefficient (Wildman–Crippen LogP) is 8.49. The number of thioether (sulfide) groups is 1. The maximum absolute atomic E-state index is 13.7. The number of carbonyl (C=O) groups is 1. The Bertz CT molecular complexity index is 931. The van der Waals surface area contributed by atoms with E-state index in [1.807, 2.05) is 0 Å². The fourth-order valence-corrected chi connectivity index (χ4v) is 2.93. The lowest BCUT2D eigenvalue weighted by Gasteiger charge is -2.44. The second kappa shape index (κ2) is 9.98. The van der Waals surface area contributed by atoms with E-state index < -0.39 is 94.1 Å². The van der Waals surface area contributed by atoms with Crippen LogP contribution in [-0.4, -0.2) is 70.3 Å². The van der Waals surface area contributed by atoms with Gasteiger partial charge in [0.1, 0.15) is 0 Å². The third-order valence-corrected chi connectivity index (χ3v) is 5.59. The van der Waals surface area contributed by atoms with Crippen molar-refractivity contribution in [1.82, 2.24) is 0 Å². The second-order valence-electron chi connectivity index (χ2n) is 7.46. The van der Waals surface area contributed by atoms with Crippen LogP contribution in [0.15, 0.2) is 12.2 Å². The molecule has 0 aromatic rings. The van der Waals surface area contributed by atoms with Crippen LogP contribution in [0.4, 0.5) is 92.2 Å². The summed E-state index contributed by atoms with van der Waals surface area (Å²) in [5.41, 5.74) is -0.498. The zero-order valence-electron chi connectivity index (χ0n) is 17.9. The van der Waals surface area contributed by atoms with Crippen LogP contribution < -0.4 is 0 Å². The molecule has 0 amide bonds. The maximum atomic E-state index is 13.7. The minimum atomic E-state index is -9.19. The normalized spacial score (nSPS) is 15.9. The Kier molecular flexibility index (Phi) is 9.54. The average molecular weight is 648 g/mol. The summed E-state index contributed by atoms with van der Waals surface area (Å²) < 4.78 is 278. The van der Waals surface area contributed by atoms with Crippen LogP contribution in [-0.2, 0) is 4.79 Å². The second-order valence-corrected chi connectivity index (χ2v) is 8.53. The summed E-state index contributed by atoms with van der Waals surface area (Å²) in [6, 6.07) is 0. The van der Waals surface area contributed by atoms with Crippen molar-refractivity contribution in [3.8, 4) is 0 Å². The molecule has 0 aromatic carbocycles. The van der Waals surface area contributed by atoms with Gasteiger partial charge >= 0.3 is 59.5 Å². The number of rotatable bonds is 12. The fourth-order valence-electron chi connectivity index (χ4n) is 2.14. The molecule has 0 heterocycles. The van der Waals surface area contributed by atoms with Crippen molar-refractivity contribution in [3.05, 3.63) is 12.2 Å². The molecular weight excluding hydrogens is 639 g/mol. The molecule has 0 aliphatic heterocycles. The zero-order chi connectivity index (χ0) is 32.3. The Hall–Kier alpha value is -1.71. The van der Waals surface area contributed by atoms with Gasteiger partial charge in [0.05, 0.1) is 0 Å². The van der Waals surface area contributed by atoms with Crippen molar-refractivity contribution >= 4 is 16.9 Å². The van der Waals surface area contributed by atoms with Gasteiger partial charge in [-0.15, -0.1) is 0 Å². The minimum absolute atomic E-state index is 0.432. The summed E-state index contributed by atoms with van der Waals surface area (Å²) in [6.07, 6.45) is -10.8. The number of halogens is 21. The third kappa shape index (κ3) is 5.23. The SMILES string of the molecule is C=C(C)C(=O)SCCC(F)(F)C(F)(F)C(F)(F)C(F)(F)C(F)(F)C(F)(F)C(F)(F)C(F)(F)C(F)(F)C(F)(F)F. The van der Waals surface area contributed by atoms with Gasteiger partial charge in [0.15, 0.2) is 0 Å². The molecule has 0 saturated heterocycles. The van der Waals surface area contributed by atoms with Gasteiger partial charge in [-0.1, -0.05) is 18.3 Å². The molecule has 0 aliphatic carbocycles. The Morgan fingerprint density at radius 2 is 0.769 bits per heavy atom. The lowest BCUT2D eigenvalue weighted by atomic mass is 9.86. The first-order chi connectivity index (χ1) is 16.6. The smallest absolute Gasteiger partial charge is 0.282 e. The van der Waals surface area contributed by atoms with Crippen LogP contribution in [0.2, 0.25) is 0 Å². The molecule has 0 fully saturated rings. The standard InChI is InChI=1S/C16H9F21OS/c1-5(2)6(38)39-4-3-7(17,18)8(19,20)9(21,22)10(23,24)11(25,26)12(27,28)13(29,30)14(31,32)15(33,34)16(35,36)37/h1,3-4H2,2H3. The Labute approximate surface area is 205 Å². The van der Waals surface area contributed by atoms with Crippen molar-refractivity contribution in [2.45, 2.75) is 72.8 Å². The number of hydrogen-bond donors (Lipinski definition) is 0. The lowest BCUT2D eigenvalue weighted by molar-refractivity contribution is -0.474. The summed E-state index contributed by atoms with van der Waals surface area (Å²) in [5.74, 6) is -78.8. The van der Waals surface area contributed by atoms with E-state index in [9.17, 15) is 97.0 Å². The molecular formula is C16H9F21OS. The monoisotopic (exact) mass is 648 g/mol. The van der Waals surface area contributed by atoms with Crippen LogP contribution in [0.3, 0.4) is 0 Å². The minimum Gasteiger partial charge on any atom is -0.282 e. The van der Waals surface area contributed by atoms with Gasteiger partial charge in [0.2, 0.25) is 5.12 Å². The molecule has 0 radical (unpaired) electrons. The van der Waals surface area contributed by atoms with Gasteiger partial charge in [-0.25, -0.2) is 0 Å². The van der Waals surface area contributed by atoms with Crippen molar-refractivity contribution in [2.24, 2.45) is 0 Å². The van der Waals surface area contributed by atoms with Gasteiger partial charge in [-0.05, 0) is 12.5 Å². The summed E-state index contributed by atoms with van der Waals surface area (Å²) >= 11 is -0.432. The highest BCUT2D eigenvalue weighted by Crippen LogP contribution is 2.66. The van der Waals surface area contributed by atoms with Crippen molar-refractivity contribution in [1.29, 1.82) is 0 Å². The van der Waals surface area contributed by atoms with E-state index in [0.29, 0.717) is 0 Å². The molecule has 0 aromatic heterocycles. The van der Waals surface area contributed by atoms with E-state index in [0.717, 1.165) is 6.92 Å². The van der Waals surface area contributed by atoms with E-state index in [4.69, 9.17) is 0 Å².